The maximum Gasteiger partial charge on any atom is 0.0845 e. The van der Waals surface area contributed by atoms with Crippen molar-refractivity contribution in [2.45, 2.75) is 58.5 Å². The van der Waals surface area contributed by atoms with Gasteiger partial charge in [-0.25, -0.2) is 0 Å². The average molecular weight is 461 g/mol. The Bertz CT molecular complexity index is 866. The van der Waals surface area contributed by atoms with Gasteiger partial charge in [-0.1, -0.05) is 74.5 Å². The van der Waals surface area contributed by atoms with E-state index < -0.39 is 0 Å². The van der Waals surface area contributed by atoms with E-state index in [1.807, 2.05) is 6.07 Å². The number of nitrogens with zero attached hydrogens (tertiary/aromatic N) is 4. The fourth-order valence-electron chi connectivity index (χ4n) is 5.18. The van der Waals surface area contributed by atoms with Gasteiger partial charge in [-0.3, -0.25) is 9.80 Å². The molecule has 1 fully saturated rings. The lowest BCUT2D eigenvalue weighted by atomic mass is 9.70. The minimum absolute atomic E-state index is 0.302. The summed E-state index contributed by atoms with van der Waals surface area (Å²) in [6, 6.07) is 24.5. The molecule has 184 valence electrons. The first-order chi connectivity index (χ1) is 16.4. The molecule has 34 heavy (non-hydrogen) atoms. The zero-order valence-corrected chi connectivity index (χ0v) is 21.8. The third-order valence-corrected chi connectivity index (χ3v) is 7.65. The quantitative estimate of drug-likeness (QED) is 0.424. The van der Waals surface area contributed by atoms with E-state index in [4.69, 9.17) is 0 Å². The number of rotatable bonds is 12. The Morgan fingerprint density at radius 3 is 1.94 bits per heavy atom. The number of hydrogen-bond acceptors (Lipinski definition) is 4. The second kappa shape index (κ2) is 13.0. The second-order valence-corrected chi connectivity index (χ2v) is 10.4. The highest BCUT2D eigenvalue weighted by atomic mass is 15.3. The Balaban J connectivity index is 1.43. The van der Waals surface area contributed by atoms with Crippen LogP contribution < -0.4 is 0 Å². The summed E-state index contributed by atoms with van der Waals surface area (Å²) < 4.78 is 0. The summed E-state index contributed by atoms with van der Waals surface area (Å²) in [5, 5.41) is 10.1. The first-order valence-corrected chi connectivity index (χ1v) is 13.1. The van der Waals surface area contributed by atoms with Crippen LogP contribution in [0.5, 0.6) is 0 Å². The van der Waals surface area contributed by atoms with E-state index >= 15 is 0 Å². The van der Waals surface area contributed by atoms with Crippen molar-refractivity contribution in [3.63, 3.8) is 0 Å². The number of hydrogen-bond donors (Lipinski definition) is 0. The minimum atomic E-state index is -0.387. The number of piperazine rings is 1. The van der Waals surface area contributed by atoms with Crippen LogP contribution in [0.1, 0.15) is 51.7 Å². The normalized spacial score (nSPS) is 17.2. The van der Waals surface area contributed by atoms with E-state index in [2.05, 4.69) is 103 Å². The standard InChI is InChI=1S/C30H44N4/c1-26(2)30(25-31,29-14-9-6-10-15-29)16-11-17-32-18-20-33(21-19-32)22-23-34(27(3)4)24-28-12-7-5-8-13-28/h5-10,12-15,26-27H,11,16-24H2,1-4H3. The van der Waals surface area contributed by atoms with Crippen LogP contribution in [-0.4, -0.2) is 66.6 Å². The van der Waals surface area contributed by atoms with Crippen molar-refractivity contribution in [2.75, 3.05) is 45.8 Å². The van der Waals surface area contributed by atoms with E-state index in [1.165, 1.54) is 11.1 Å². The molecule has 0 bridgehead atoms. The fourth-order valence-corrected chi connectivity index (χ4v) is 5.18. The number of nitriles is 1. The molecule has 4 nitrogen and oxygen atoms in total. The van der Waals surface area contributed by atoms with Crippen LogP contribution in [-0.2, 0) is 12.0 Å². The molecule has 1 aliphatic rings. The topological polar surface area (TPSA) is 33.5 Å². The minimum Gasteiger partial charge on any atom is -0.301 e. The average Bonchev–Trinajstić information content (AvgIpc) is 2.86. The summed E-state index contributed by atoms with van der Waals surface area (Å²) in [5.74, 6) is 0.302. The molecule has 1 aliphatic heterocycles. The van der Waals surface area contributed by atoms with Crippen LogP contribution in [0.2, 0.25) is 0 Å². The molecule has 1 unspecified atom stereocenters. The lowest BCUT2D eigenvalue weighted by Gasteiger charge is -2.37. The first kappa shape index (κ1) is 26.4. The summed E-state index contributed by atoms with van der Waals surface area (Å²) in [7, 11) is 0. The molecule has 1 atom stereocenters. The summed E-state index contributed by atoms with van der Waals surface area (Å²) in [6.07, 6.45) is 1.99. The van der Waals surface area contributed by atoms with Crippen molar-refractivity contribution < 1.29 is 0 Å². The molecule has 0 N–H and O–H groups in total. The fraction of sp³-hybridized carbons (Fsp3) is 0.567. The van der Waals surface area contributed by atoms with Gasteiger partial charge in [0.15, 0.2) is 0 Å². The maximum atomic E-state index is 10.1. The molecular formula is C30H44N4. The van der Waals surface area contributed by atoms with Gasteiger partial charge in [0.25, 0.3) is 0 Å². The molecule has 4 heteroatoms. The van der Waals surface area contributed by atoms with E-state index in [-0.39, 0.29) is 5.41 Å². The van der Waals surface area contributed by atoms with Crippen LogP contribution in [0.15, 0.2) is 60.7 Å². The highest BCUT2D eigenvalue weighted by Crippen LogP contribution is 2.36. The molecule has 0 spiro atoms. The molecule has 0 radical (unpaired) electrons. The first-order valence-electron chi connectivity index (χ1n) is 13.1. The molecule has 2 aromatic carbocycles. The Hall–Kier alpha value is -2.19. The molecular weight excluding hydrogens is 416 g/mol. The molecule has 3 rings (SSSR count). The maximum absolute atomic E-state index is 10.1. The Morgan fingerprint density at radius 2 is 1.41 bits per heavy atom. The molecule has 1 saturated heterocycles. The highest BCUT2D eigenvalue weighted by Gasteiger charge is 2.35. The summed E-state index contributed by atoms with van der Waals surface area (Å²) in [5.41, 5.74) is 2.18. The van der Waals surface area contributed by atoms with Crippen LogP contribution >= 0.6 is 0 Å². The molecule has 0 aromatic heterocycles. The van der Waals surface area contributed by atoms with Crippen molar-refractivity contribution in [3.05, 3.63) is 71.8 Å². The highest BCUT2D eigenvalue weighted by molar-refractivity contribution is 5.33. The monoisotopic (exact) mass is 460 g/mol. The lowest BCUT2D eigenvalue weighted by molar-refractivity contribution is 0.107. The zero-order chi connectivity index (χ0) is 24.4. The van der Waals surface area contributed by atoms with Gasteiger partial charge in [-0.05, 0) is 50.3 Å². The lowest BCUT2D eigenvalue weighted by Crippen LogP contribution is -2.49. The van der Waals surface area contributed by atoms with Gasteiger partial charge in [0.05, 0.1) is 11.5 Å². The van der Waals surface area contributed by atoms with Crippen molar-refractivity contribution in [2.24, 2.45) is 5.92 Å². The molecule has 0 amide bonds. The SMILES string of the molecule is CC(C)N(CCN1CCN(CCCC(C#N)(c2ccccc2)C(C)C)CC1)Cc1ccccc1. The van der Waals surface area contributed by atoms with Gasteiger partial charge in [0, 0.05) is 51.9 Å². The van der Waals surface area contributed by atoms with Crippen LogP contribution in [0.3, 0.4) is 0 Å². The summed E-state index contributed by atoms with van der Waals surface area (Å²) in [6.45, 7) is 17.9. The predicted octanol–water partition coefficient (Wildman–Crippen LogP) is 5.41. The third kappa shape index (κ3) is 7.15. The van der Waals surface area contributed by atoms with E-state index in [0.717, 1.165) is 65.2 Å². The zero-order valence-electron chi connectivity index (χ0n) is 21.8. The second-order valence-electron chi connectivity index (χ2n) is 10.4. The predicted molar refractivity (Wildman–Crippen MR) is 143 cm³/mol. The van der Waals surface area contributed by atoms with Gasteiger partial charge >= 0.3 is 0 Å². The molecule has 1 heterocycles. The van der Waals surface area contributed by atoms with Crippen molar-refractivity contribution in [1.29, 1.82) is 5.26 Å². The van der Waals surface area contributed by atoms with Gasteiger partial charge < -0.3 is 4.90 Å². The third-order valence-electron chi connectivity index (χ3n) is 7.65. The van der Waals surface area contributed by atoms with Gasteiger partial charge in [-0.15, -0.1) is 0 Å². The van der Waals surface area contributed by atoms with Crippen LogP contribution in [0.25, 0.3) is 0 Å². The molecule has 2 aromatic rings. The van der Waals surface area contributed by atoms with E-state index in [9.17, 15) is 5.26 Å². The van der Waals surface area contributed by atoms with Crippen molar-refractivity contribution >= 4 is 0 Å². The summed E-state index contributed by atoms with van der Waals surface area (Å²) in [4.78, 5) is 7.79. The van der Waals surface area contributed by atoms with Crippen molar-refractivity contribution in [3.8, 4) is 6.07 Å². The Labute approximate surface area is 208 Å². The van der Waals surface area contributed by atoms with Gasteiger partial charge in [0.1, 0.15) is 0 Å². The van der Waals surface area contributed by atoms with E-state index in [0.29, 0.717) is 12.0 Å². The number of benzene rings is 2. The smallest absolute Gasteiger partial charge is 0.0845 e. The Morgan fingerprint density at radius 1 is 0.853 bits per heavy atom. The molecule has 0 saturated carbocycles. The van der Waals surface area contributed by atoms with E-state index in [1.54, 1.807) is 0 Å². The summed E-state index contributed by atoms with van der Waals surface area (Å²) >= 11 is 0. The molecule has 0 aliphatic carbocycles. The van der Waals surface area contributed by atoms with Gasteiger partial charge in [-0.2, -0.15) is 5.26 Å². The van der Waals surface area contributed by atoms with Crippen LogP contribution in [0.4, 0.5) is 0 Å². The van der Waals surface area contributed by atoms with Crippen molar-refractivity contribution in [1.82, 2.24) is 14.7 Å². The largest absolute Gasteiger partial charge is 0.301 e. The van der Waals surface area contributed by atoms with Crippen LogP contribution in [0, 0.1) is 17.2 Å². The van der Waals surface area contributed by atoms with Gasteiger partial charge in [0.2, 0.25) is 0 Å². The Kier molecular flexibility index (Phi) is 10.1.